The van der Waals surface area contributed by atoms with Gasteiger partial charge in [-0.15, -0.1) is 0 Å². The number of rotatable bonds is 0. The number of furan rings is 2. The van der Waals surface area contributed by atoms with Crippen molar-refractivity contribution in [3.05, 3.63) is 264 Å². The normalized spacial score (nSPS) is 20.7. The summed E-state index contributed by atoms with van der Waals surface area (Å²) in [5.41, 5.74) is 28.7. The lowest BCUT2D eigenvalue weighted by Crippen LogP contribution is -2.52. The molecule has 7 aliphatic carbocycles. The molecule has 4 aromatic heterocycles. The third-order valence-electron chi connectivity index (χ3n) is 19.9. The van der Waals surface area contributed by atoms with Crippen molar-refractivity contribution >= 4 is 82.0 Å². The second-order valence-corrected chi connectivity index (χ2v) is 22.9. The van der Waals surface area contributed by atoms with Gasteiger partial charge >= 0.3 is 0 Å². The lowest BCUT2D eigenvalue weighted by molar-refractivity contribution is 0.333. The monoisotopic (exact) mass is 965 g/mol. The number of nitriles is 2. The molecule has 0 saturated carbocycles. The largest absolute Gasteiger partial charge is 0.455 e. The smallest absolute Gasteiger partial charge is 0.153 e. The summed E-state index contributed by atoms with van der Waals surface area (Å²) in [6, 6.07) is 66.7. The van der Waals surface area contributed by atoms with Gasteiger partial charge in [0.15, 0.2) is 11.2 Å². The Labute approximate surface area is 434 Å². The molecule has 10 aromatic carbocycles. The van der Waals surface area contributed by atoms with Crippen molar-refractivity contribution in [1.29, 1.82) is 10.5 Å². The average molecular weight is 966 g/mol. The van der Waals surface area contributed by atoms with E-state index in [-0.39, 0.29) is 29.1 Å². The van der Waals surface area contributed by atoms with Crippen molar-refractivity contribution in [2.45, 2.75) is 54.8 Å². The van der Waals surface area contributed by atoms with Crippen molar-refractivity contribution in [2.24, 2.45) is 0 Å². The van der Waals surface area contributed by atoms with E-state index >= 15 is 0 Å². The molecular formula is C71H39N3O2. The molecule has 6 bridgehead atoms. The fraction of sp³-hybridized carbons (Fsp3) is 0.127. The molecule has 21 rings (SSSR count). The van der Waals surface area contributed by atoms with Crippen LogP contribution in [0.2, 0.25) is 0 Å². The first-order valence-corrected chi connectivity index (χ1v) is 27.0. The van der Waals surface area contributed by atoms with Crippen LogP contribution in [0.5, 0.6) is 0 Å². The Morgan fingerprint density at radius 1 is 0.408 bits per heavy atom. The summed E-state index contributed by atoms with van der Waals surface area (Å²) in [6.45, 7) is 0. The van der Waals surface area contributed by atoms with E-state index in [9.17, 15) is 10.5 Å². The highest BCUT2D eigenvalue weighted by atomic mass is 16.3. The van der Waals surface area contributed by atoms with E-state index in [4.69, 9.17) is 8.83 Å². The number of hydrogen-bond donors (Lipinski definition) is 0. The Morgan fingerprint density at radius 2 is 0.855 bits per heavy atom. The maximum absolute atomic E-state index is 11.3. The molecule has 1 spiro atoms. The molecule has 0 aliphatic heterocycles. The van der Waals surface area contributed by atoms with E-state index in [1.807, 2.05) is 0 Å². The highest BCUT2D eigenvalue weighted by Crippen LogP contribution is 2.77. The number of hydrogen-bond acceptors (Lipinski definition) is 4. The van der Waals surface area contributed by atoms with Crippen LogP contribution in [0.25, 0.3) is 82.0 Å². The third-order valence-corrected chi connectivity index (χ3v) is 19.9. The van der Waals surface area contributed by atoms with Gasteiger partial charge in [-0.3, -0.25) is 0 Å². The van der Waals surface area contributed by atoms with Gasteiger partial charge in [-0.25, -0.2) is 0 Å². The van der Waals surface area contributed by atoms with Gasteiger partial charge in [0.2, 0.25) is 0 Å². The Hall–Kier alpha value is -9.42. The van der Waals surface area contributed by atoms with Crippen molar-refractivity contribution < 1.29 is 8.83 Å². The van der Waals surface area contributed by atoms with E-state index in [1.165, 1.54) is 99.8 Å². The van der Waals surface area contributed by atoms with E-state index < -0.39 is 0 Å². The molecule has 0 N–H and O–H groups in total. The highest BCUT2D eigenvalue weighted by molar-refractivity contribution is 6.37. The Balaban J connectivity index is 0.930. The van der Waals surface area contributed by atoms with Crippen molar-refractivity contribution in [2.75, 3.05) is 0 Å². The minimum absolute atomic E-state index is 0.0759. The fourth-order valence-electron chi connectivity index (χ4n) is 17.3. The first-order valence-electron chi connectivity index (χ1n) is 27.0. The molecule has 0 radical (unpaired) electrons. The number of benzene rings is 10. The van der Waals surface area contributed by atoms with Gasteiger partial charge in [0.05, 0.1) is 27.7 Å². The molecule has 14 aromatic rings. The van der Waals surface area contributed by atoms with Gasteiger partial charge in [0.1, 0.15) is 23.3 Å². The first-order chi connectivity index (χ1) is 37.6. The summed E-state index contributed by atoms with van der Waals surface area (Å²) in [5.74, 6) is 0.667. The van der Waals surface area contributed by atoms with Crippen LogP contribution < -0.4 is 0 Å². The Bertz CT molecular complexity index is 5210. The van der Waals surface area contributed by atoms with Crippen molar-refractivity contribution in [3.8, 4) is 12.1 Å². The van der Waals surface area contributed by atoms with E-state index in [0.29, 0.717) is 22.3 Å². The second-order valence-electron chi connectivity index (χ2n) is 22.9. The highest BCUT2D eigenvalue weighted by Gasteiger charge is 2.69. The summed E-state index contributed by atoms with van der Waals surface area (Å²) in [7, 11) is 0. The Kier molecular flexibility index (Phi) is 6.64. The maximum Gasteiger partial charge on any atom is 0.153 e. The number of aryl methyl sites for hydroxylation is 4. The molecule has 3 atom stereocenters. The van der Waals surface area contributed by atoms with Gasteiger partial charge in [-0.2, -0.15) is 10.5 Å². The van der Waals surface area contributed by atoms with E-state index in [1.54, 1.807) is 0 Å². The predicted molar refractivity (Wildman–Crippen MR) is 298 cm³/mol. The minimum Gasteiger partial charge on any atom is -0.455 e. The SMILES string of the molecule is N#Cc1cc2c(c3c4cc(c5c6c7c(oc8cc9c(cc87)C7c8ccccc8C78c7ccccc7C98)c(C#N)cc6n2c35)CCc2cccc(c2)CC4)c2c1oc1cc3c(cc12)C1c2ccccc2C3c2ccccc21. The van der Waals surface area contributed by atoms with E-state index in [2.05, 4.69) is 180 Å². The van der Waals surface area contributed by atoms with Gasteiger partial charge in [0, 0.05) is 72.2 Å². The summed E-state index contributed by atoms with van der Waals surface area (Å²) in [5, 5.41) is 31.3. The summed E-state index contributed by atoms with van der Waals surface area (Å²) >= 11 is 0. The zero-order valence-electron chi connectivity index (χ0n) is 40.9. The molecule has 350 valence electrons. The van der Waals surface area contributed by atoms with Crippen LogP contribution in [0.4, 0.5) is 0 Å². The fourth-order valence-corrected chi connectivity index (χ4v) is 17.3. The average Bonchev–Trinajstić information content (AvgIpc) is 4.28. The van der Waals surface area contributed by atoms with Gasteiger partial charge in [0.25, 0.3) is 0 Å². The van der Waals surface area contributed by atoms with Crippen LogP contribution in [0.3, 0.4) is 0 Å². The standard InChI is InChI=1S/C71H39N3O2/c72-32-38-26-54-64(62-50-28-46-47(30-56(50)75-69(38)62)61-42-14-3-1-12-40(42)60(46)41-13-2-4-15-43(41)61)58-36-22-20-34-10-9-11-35(24-34)21-23-37(25-36)59-65-55(74(54)68(58)59)27-39(33-73)70-63(65)51-29-48-49(31-57(51)76-70)67-45-17-6-8-19-53(45)71(67)52-18-7-5-16-44(52)66(48)71/h1-19,24-31,60-61,66-67H,20-23H2. The van der Waals surface area contributed by atoms with Crippen LogP contribution in [0.1, 0.15) is 124 Å². The zero-order chi connectivity index (χ0) is 49.2. The van der Waals surface area contributed by atoms with Gasteiger partial charge in [-0.05, 0) is 151 Å². The molecule has 0 fully saturated rings. The lowest BCUT2D eigenvalue weighted by Gasteiger charge is -2.58. The number of aromatic nitrogens is 1. The molecule has 76 heavy (non-hydrogen) atoms. The third kappa shape index (κ3) is 4.16. The van der Waals surface area contributed by atoms with Crippen LogP contribution >= 0.6 is 0 Å². The van der Waals surface area contributed by atoms with Gasteiger partial charge < -0.3 is 13.2 Å². The topological polar surface area (TPSA) is 78.3 Å². The predicted octanol–water partition coefficient (Wildman–Crippen LogP) is 16.1. The zero-order valence-corrected chi connectivity index (χ0v) is 40.9. The second kappa shape index (κ2) is 12.9. The molecule has 4 heterocycles. The summed E-state index contributed by atoms with van der Waals surface area (Å²) < 4.78 is 16.6. The van der Waals surface area contributed by atoms with Crippen molar-refractivity contribution in [1.82, 2.24) is 4.40 Å². The summed E-state index contributed by atoms with van der Waals surface area (Å²) in [6.07, 6.45) is 3.50. The minimum atomic E-state index is -0.0759. The lowest BCUT2D eigenvalue weighted by atomic mass is 9.43. The molecule has 5 nitrogen and oxygen atoms in total. The molecule has 3 unspecified atom stereocenters. The van der Waals surface area contributed by atoms with Crippen LogP contribution in [0.15, 0.2) is 173 Å². The van der Waals surface area contributed by atoms with E-state index in [0.717, 1.165) is 85.7 Å². The summed E-state index contributed by atoms with van der Waals surface area (Å²) in [4.78, 5) is 0. The quantitative estimate of drug-likeness (QED) is 0.152. The first kappa shape index (κ1) is 39.1. The number of fused-ring (bicyclic) bond motifs is 27. The van der Waals surface area contributed by atoms with Crippen molar-refractivity contribution in [3.63, 3.8) is 0 Å². The Morgan fingerprint density at radius 3 is 1.37 bits per heavy atom. The molecular weight excluding hydrogens is 927 g/mol. The molecule has 0 saturated heterocycles. The maximum atomic E-state index is 11.3. The number of nitrogens with zero attached hydrogens (tertiary/aromatic N) is 3. The van der Waals surface area contributed by atoms with Crippen LogP contribution in [-0.4, -0.2) is 4.40 Å². The molecule has 7 aliphatic rings. The van der Waals surface area contributed by atoms with Gasteiger partial charge in [-0.1, -0.05) is 127 Å². The molecule has 5 heteroatoms. The van der Waals surface area contributed by atoms with Crippen LogP contribution in [-0.2, 0) is 31.1 Å². The molecule has 0 amide bonds. The van der Waals surface area contributed by atoms with Crippen LogP contribution in [0, 0.1) is 22.7 Å².